The van der Waals surface area contributed by atoms with Crippen molar-refractivity contribution in [2.24, 2.45) is 5.92 Å². The molecular weight excluding hydrogens is 408 g/mol. The van der Waals surface area contributed by atoms with Gasteiger partial charge >= 0.3 is 12.1 Å². The molecule has 1 fully saturated rings. The summed E-state index contributed by atoms with van der Waals surface area (Å²) in [6.45, 7) is 0.373. The number of rotatable bonds is 8. The van der Waals surface area contributed by atoms with Crippen molar-refractivity contribution < 1.29 is 24.2 Å². The van der Waals surface area contributed by atoms with Crippen LogP contribution in [0.15, 0.2) is 48.5 Å². The third-order valence-corrected chi connectivity index (χ3v) is 6.41. The predicted molar refractivity (Wildman–Crippen MR) is 119 cm³/mol. The van der Waals surface area contributed by atoms with E-state index < -0.39 is 12.1 Å². The van der Waals surface area contributed by atoms with Crippen LogP contribution in [0.2, 0.25) is 0 Å². The summed E-state index contributed by atoms with van der Waals surface area (Å²) >= 11 is 0. The number of carboxylic acid groups (broad SMARTS) is 1. The van der Waals surface area contributed by atoms with Crippen LogP contribution in [0.25, 0.3) is 11.1 Å². The molecule has 0 bridgehead atoms. The van der Waals surface area contributed by atoms with Crippen molar-refractivity contribution in [2.45, 2.75) is 44.1 Å². The lowest BCUT2D eigenvalue weighted by Gasteiger charge is -2.21. The third-order valence-electron chi connectivity index (χ3n) is 6.41. The number of ether oxygens (including phenoxy) is 1. The van der Waals surface area contributed by atoms with Gasteiger partial charge in [0.15, 0.2) is 0 Å². The monoisotopic (exact) mass is 436 g/mol. The Kier molecular flexibility index (Phi) is 6.73. The lowest BCUT2D eigenvalue weighted by atomic mass is 9.98. The Balaban J connectivity index is 1.30. The quantitative estimate of drug-likeness (QED) is 0.586. The van der Waals surface area contributed by atoms with Crippen molar-refractivity contribution in [2.75, 3.05) is 13.2 Å². The largest absolute Gasteiger partial charge is 0.481 e. The number of alkyl carbamates (subject to hydrolysis) is 1. The lowest BCUT2D eigenvalue weighted by Crippen LogP contribution is -2.40. The molecule has 0 heterocycles. The maximum Gasteiger partial charge on any atom is 0.407 e. The summed E-state index contributed by atoms with van der Waals surface area (Å²) in [5.74, 6) is -1.09. The van der Waals surface area contributed by atoms with Crippen molar-refractivity contribution in [3.05, 3.63) is 59.7 Å². The Hall–Kier alpha value is -3.35. The molecule has 0 saturated heterocycles. The van der Waals surface area contributed by atoms with Crippen LogP contribution in [-0.2, 0) is 14.3 Å². The Morgan fingerprint density at radius 2 is 1.62 bits per heavy atom. The van der Waals surface area contributed by atoms with Gasteiger partial charge in [-0.2, -0.15) is 0 Å². The maximum absolute atomic E-state index is 12.6. The number of amides is 2. The number of benzene rings is 2. The minimum Gasteiger partial charge on any atom is -0.481 e. The van der Waals surface area contributed by atoms with Gasteiger partial charge in [0.25, 0.3) is 0 Å². The first-order valence-electron chi connectivity index (χ1n) is 11.1. The summed E-state index contributed by atoms with van der Waals surface area (Å²) in [7, 11) is 0. The molecule has 2 aliphatic carbocycles. The highest BCUT2D eigenvalue weighted by Crippen LogP contribution is 2.44. The van der Waals surface area contributed by atoms with Gasteiger partial charge in [0, 0.05) is 24.9 Å². The zero-order valence-electron chi connectivity index (χ0n) is 17.9. The molecule has 3 N–H and O–H groups in total. The molecule has 1 saturated carbocycles. The van der Waals surface area contributed by atoms with Gasteiger partial charge in [0.2, 0.25) is 5.91 Å². The number of carbonyl (C=O) groups is 3. The average Bonchev–Trinajstić information content (AvgIpc) is 3.34. The molecule has 0 aromatic heterocycles. The normalized spacial score (nSPS) is 19.1. The zero-order chi connectivity index (χ0) is 22.5. The fourth-order valence-electron chi connectivity index (χ4n) is 4.88. The van der Waals surface area contributed by atoms with Crippen LogP contribution in [0.5, 0.6) is 0 Å². The van der Waals surface area contributed by atoms with E-state index in [-0.39, 0.29) is 49.8 Å². The van der Waals surface area contributed by atoms with Gasteiger partial charge in [-0.05, 0) is 41.0 Å². The van der Waals surface area contributed by atoms with Crippen molar-refractivity contribution >= 4 is 18.0 Å². The molecule has 2 amide bonds. The van der Waals surface area contributed by atoms with Crippen LogP contribution in [0.4, 0.5) is 4.79 Å². The fraction of sp³-hybridized carbons (Fsp3) is 0.400. The minimum atomic E-state index is -0.944. The van der Waals surface area contributed by atoms with E-state index in [9.17, 15) is 14.4 Å². The molecule has 2 atom stereocenters. The van der Waals surface area contributed by atoms with Gasteiger partial charge in [0.05, 0.1) is 6.42 Å². The molecule has 7 nitrogen and oxygen atoms in total. The summed E-state index contributed by atoms with van der Waals surface area (Å²) in [5, 5.41) is 14.3. The average molecular weight is 437 g/mol. The molecule has 2 aromatic rings. The Morgan fingerprint density at radius 1 is 0.969 bits per heavy atom. The third kappa shape index (κ3) is 4.93. The molecule has 32 heavy (non-hydrogen) atoms. The number of aliphatic carboxylic acids is 1. The number of nitrogens with one attached hydrogen (secondary N) is 2. The number of carboxylic acids is 1. The highest BCUT2D eigenvalue weighted by Gasteiger charge is 2.32. The molecular formula is C25H28N2O5. The maximum atomic E-state index is 12.6. The van der Waals surface area contributed by atoms with Crippen LogP contribution in [0.1, 0.15) is 49.1 Å². The van der Waals surface area contributed by atoms with Gasteiger partial charge in [-0.3, -0.25) is 9.59 Å². The summed E-state index contributed by atoms with van der Waals surface area (Å²) in [6.07, 6.45) is 2.29. The van der Waals surface area contributed by atoms with Crippen molar-refractivity contribution in [3.8, 4) is 11.1 Å². The van der Waals surface area contributed by atoms with Gasteiger partial charge < -0.3 is 20.5 Å². The second-order valence-electron chi connectivity index (χ2n) is 8.47. The smallest absolute Gasteiger partial charge is 0.407 e. The molecule has 0 spiro atoms. The molecule has 2 aliphatic rings. The first kappa shape index (κ1) is 21.9. The van der Waals surface area contributed by atoms with Crippen LogP contribution in [-0.4, -0.2) is 42.3 Å². The molecule has 168 valence electrons. The molecule has 0 aliphatic heterocycles. The number of carbonyl (C=O) groups excluding carboxylic acids is 2. The Bertz CT molecular complexity index is 960. The summed E-state index contributed by atoms with van der Waals surface area (Å²) in [4.78, 5) is 35.2. The molecule has 7 heteroatoms. The van der Waals surface area contributed by atoms with Gasteiger partial charge in [-0.25, -0.2) is 4.79 Å². The van der Waals surface area contributed by atoms with Crippen LogP contribution < -0.4 is 10.6 Å². The van der Waals surface area contributed by atoms with Gasteiger partial charge in [-0.1, -0.05) is 55.0 Å². The Morgan fingerprint density at radius 3 is 2.28 bits per heavy atom. The SMILES string of the molecule is O=C(O)CCNC(=O)C[C@@H]1CCC[C@H]1NC(=O)OCC1c2ccccc2-c2ccccc21. The van der Waals surface area contributed by atoms with E-state index >= 15 is 0 Å². The van der Waals surface area contributed by atoms with Crippen LogP contribution in [0.3, 0.4) is 0 Å². The molecule has 4 rings (SSSR count). The molecule has 0 unspecified atom stereocenters. The Labute approximate surface area is 187 Å². The number of hydrogen-bond donors (Lipinski definition) is 3. The van der Waals surface area contributed by atoms with Crippen LogP contribution >= 0.6 is 0 Å². The lowest BCUT2D eigenvalue weighted by molar-refractivity contribution is -0.136. The van der Waals surface area contributed by atoms with E-state index in [1.54, 1.807) is 0 Å². The first-order chi connectivity index (χ1) is 15.5. The second kappa shape index (κ2) is 9.85. The van der Waals surface area contributed by atoms with E-state index in [0.29, 0.717) is 0 Å². The van der Waals surface area contributed by atoms with Crippen molar-refractivity contribution in [1.82, 2.24) is 10.6 Å². The van der Waals surface area contributed by atoms with E-state index in [1.165, 1.54) is 22.3 Å². The van der Waals surface area contributed by atoms with E-state index in [2.05, 4.69) is 34.9 Å². The molecule has 2 aromatic carbocycles. The van der Waals surface area contributed by atoms with Crippen molar-refractivity contribution in [3.63, 3.8) is 0 Å². The van der Waals surface area contributed by atoms with E-state index in [4.69, 9.17) is 9.84 Å². The van der Waals surface area contributed by atoms with Crippen LogP contribution in [0, 0.1) is 5.92 Å². The topological polar surface area (TPSA) is 105 Å². The first-order valence-corrected chi connectivity index (χ1v) is 11.1. The van der Waals surface area contributed by atoms with Gasteiger partial charge in [0.1, 0.15) is 6.61 Å². The standard InChI is InChI=1S/C25H28N2O5/c28-23(26-13-12-24(29)30)14-16-6-5-11-22(16)27-25(31)32-15-21-19-9-3-1-7-17(19)18-8-2-4-10-20(18)21/h1-4,7-10,16,21-22H,5-6,11-15H2,(H,26,28)(H,27,31)(H,29,30)/t16-,22+/m0/s1. The number of fused-ring (bicyclic) bond motifs is 3. The highest BCUT2D eigenvalue weighted by atomic mass is 16.5. The summed E-state index contributed by atoms with van der Waals surface area (Å²) in [5.41, 5.74) is 4.69. The van der Waals surface area contributed by atoms with E-state index in [0.717, 1.165) is 19.3 Å². The van der Waals surface area contributed by atoms with Gasteiger partial charge in [-0.15, -0.1) is 0 Å². The van der Waals surface area contributed by atoms with E-state index in [1.807, 2.05) is 24.3 Å². The zero-order valence-corrected chi connectivity index (χ0v) is 17.9. The minimum absolute atomic E-state index is 0.00698. The predicted octanol–water partition coefficient (Wildman–Crippen LogP) is 3.67. The van der Waals surface area contributed by atoms with Crippen molar-refractivity contribution in [1.29, 1.82) is 0 Å². The molecule has 0 radical (unpaired) electrons. The summed E-state index contributed by atoms with van der Waals surface area (Å²) in [6, 6.07) is 16.3. The highest BCUT2D eigenvalue weighted by molar-refractivity contribution is 5.79. The fourth-order valence-corrected chi connectivity index (χ4v) is 4.88. The number of hydrogen-bond acceptors (Lipinski definition) is 4. The second-order valence-corrected chi connectivity index (χ2v) is 8.47. The summed E-state index contributed by atoms with van der Waals surface area (Å²) < 4.78 is 5.63.